The van der Waals surface area contributed by atoms with Gasteiger partial charge in [0.25, 0.3) is 0 Å². The van der Waals surface area contributed by atoms with E-state index in [2.05, 4.69) is 15.0 Å². The fraction of sp³-hybridized carbons (Fsp3) is 0.200. The van der Waals surface area contributed by atoms with Gasteiger partial charge in [-0.05, 0) is 49.1 Å². The Morgan fingerprint density at radius 3 is 2.82 bits per heavy atom. The number of nitrogen functional groups attached to an aromatic ring is 1. The second-order valence-corrected chi connectivity index (χ2v) is 9.15. The van der Waals surface area contributed by atoms with E-state index >= 15 is 4.39 Å². The highest BCUT2D eigenvalue weighted by molar-refractivity contribution is 6.31. The van der Waals surface area contributed by atoms with Crippen LogP contribution in [0.25, 0.3) is 27.7 Å². The van der Waals surface area contributed by atoms with E-state index in [1.807, 2.05) is 12.1 Å². The van der Waals surface area contributed by atoms with Crippen molar-refractivity contribution in [2.24, 2.45) is 0 Å². The van der Waals surface area contributed by atoms with Crippen molar-refractivity contribution in [3.05, 3.63) is 76.8 Å². The Balaban J connectivity index is 1.31. The molecule has 6 nitrogen and oxygen atoms in total. The number of amides is 1. The van der Waals surface area contributed by atoms with Crippen LogP contribution in [0.5, 0.6) is 0 Å². The molecule has 4 aromatic rings. The van der Waals surface area contributed by atoms with E-state index in [9.17, 15) is 9.18 Å². The lowest BCUT2D eigenvalue weighted by atomic mass is 9.92. The van der Waals surface area contributed by atoms with Crippen LogP contribution in [-0.2, 0) is 4.79 Å². The lowest BCUT2D eigenvalue weighted by Gasteiger charge is -2.33. The number of anilines is 1. The molecule has 2 aromatic heterocycles. The van der Waals surface area contributed by atoms with Crippen LogP contribution in [-0.4, -0.2) is 31.8 Å². The number of aromatic nitrogens is 3. The summed E-state index contributed by atoms with van der Waals surface area (Å²) in [5, 5.41) is 0.759. The summed E-state index contributed by atoms with van der Waals surface area (Å²) < 4.78 is 29.7. The molecule has 0 unspecified atom stereocenters. The number of nitrogens with zero attached hydrogens (tertiary/aromatic N) is 2. The van der Waals surface area contributed by atoms with Gasteiger partial charge in [-0.2, -0.15) is 0 Å². The molecule has 0 bridgehead atoms. The molecule has 34 heavy (non-hydrogen) atoms. The number of nitrogens with one attached hydrogen (secondary N) is 2. The maximum Gasteiger partial charge on any atom is 0.247 e. The Morgan fingerprint density at radius 1 is 1.12 bits per heavy atom. The number of benzene rings is 2. The van der Waals surface area contributed by atoms with Crippen molar-refractivity contribution in [3.63, 3.8) is 0 Å². The molecule has 6 rings (SSSR count). The van der Waals surface area contributed by atoms with Crippen LogP contribution in [0.2, 0.25) is 5.02 Å². The van der Waals surface area contributed by atoms with Crippen LogP contribution in [0, 0.1) is 11.6 Å². The van der Waals surface area contributed by atoms with Gasteiger partial charge in [-0.25, -0.2) is 13.8 Å². The number of H-pyrrole nitrogens is 2. The maximum atomic E-state index is 15.0. The molecule has 1 saturated heterocycles. The number of hydrogen-bond acceptors (Lipinski definition) is 3. The minimum Gasteiger partial charge on any atom is -0.398 e. The number of rotatable bonds is 3. The Labute approximate surface area is 198 Å². The predicted molar refractivity (Wildman–Crippen MR) is 127 cm³/mol. The van der Waals surface area contributed by atoms with E-state index in [0.717, 1.165) is 11.8 Å². The Morgan fingerprint density at radius 2 is 1.97 bits per heavy atom. The maximum absolute atomic E-state index is 15.0. The zero-order chi connectivity index (χ0) is 23.6. The SMILES string of the molecule is Nc1ccc(Cl)c(F)c1C1=CC(=O)N2[C@H](CC[C@H]2c2ncc(-c3ccc4cc[nH]c4c3F)[nH]2)C1. The summed E-state index contributed by atoms with van der Waals surface area (Å²) in [5.41, 5.74) is 8.38. The molecule has 0 radical (unpaired) electrons. The first-order valence-electron chi connectivity index (χ1n) is 11.0. The minimum atomic E-state index is -0.611. The fourth-order valence-corrected chi connectivity index (χ4v) is 5.39. The first-order chi connectivity index (χ1) is 16.4. The second kappa shape index (κ2) is 7.70. The number of nitrogens with two attached hydrogens (primary N) is 1. The third kappa shape index (κ3) is 3.13. The average Bonchev–Trinajstić information content (AvgIpc) is 3.56. The van der Waals surface area contributed by atoms with E-state index in [0.29, 0.717) is 41.0 Å². The van der Waals surface area contributed by atoms with E-state index in [-0.39, 0.29) is 40.1 Å². The number of imidazole rings is 1. The molecule has 2 atom stereocenters. The van der Waals surface area contributed by atoms with Crippen molar-refractivity contribution >= 4 is 39.7 Å². The van der Waals surface area contributed by atoms with Crippen LogP contribution in [0.15, 0.2) is 48.8 Å². The van der Waals surface area contributed by atoms with E-state index < -0.39 is 5.82 Å². The molecule has 0 spiro atoms. The first kappa shape index (κ1) is 20.9. The van der Waals surface area contributed by atoms with Crippen LogP contribution < -0.4 is 5.73 Å². The lowest BCUT2D eigenvalue weighted by molar-refractivity contribution is -0.129. The van der Waals surface area contributed by atoms with E-state index in [4.69, 9.17) is 17.3 Å². The molecular weight excluding hydrogens is 460 g/mol. The van der Waals surface area contributed by atoms with Gasteiger partial charge in [0.15, 0.2) is 11.6 Å². The normalized spacial score (nSPS) is 20.1. The van der Waals surface area contributed by atoms with Gasteiger partial charge in [0.05, 0.1) is 28.5 Å². The van der Waals surface area contributed by atoms with Crippen molar-refractivity contribution in [1.29, 1.82) is 0 Å². The molecule has 2 aliphatic rings. The largest absolute Gasteiger partial charge is 0.398 e. The molecular formula is C25H20ClF2N5O. The standard InChI is InChI=1S/C25H20ClF2N5O/c26-16-4-5-17(29)21(23(16)28)13-9-14-2-6-19(33(14)20(34)10-13)25-31-11-18(32-25)15-3-1-12-7-8-30-24(12)22(15)27/h1,3-5,7-8,10-11,14,19,30H,2,6,9,29H2,(H,31,32)/t14-,19+/m1/s1. The number of fused-ring (bicyclic) bond motifs is 2. The van der Waals surface area contributed by atoms with Crippen molar-refractivity contribution in [2.45, 2.75) is 31.3 Å². The quantitative estimate of drug-likeness (QED) is 0.334. The highest BCUT2D eigenvalue weighted by Crippen LogP contribution is 2.44. The Kier molecular flexibility index (Phi) is 4.74. The highest BCUT2D eigenvalue weighted by atomic mass is 35.5. The lowest BCUT2D eigenvalue weighted by Crippen LogP contribution is -2.39. The molecule has 4 heterocycles. The number of halogens is 3. The molecule has 0 aliphatic carbocycles. The zero-order valence-corrected chi connectivity index (χ0v) is 18.7. The van der Waals surface area contributed by atoms with Gasteiger partial charge in [0, 0.05) is 40.5 Å². The monoisotopic (exact) mass is 479 g/mol. The van der Waals surface area contributed by atoms with Crippen LogP contribution >= 0.6 is 11.6 Å². The van der Waals surface area contributed by atoms with Crippen LogP contribution in [0.3, 0.4) is 0 Å². The zero-order valence-electron chi connectivity index (χ0n) is 17.9. The van der Waals surface area contributed by atoms with E-state index in [1.165, 1.54) is 12.1 Å². The molecule has 0 saturated carbocycles. The van der Waals surface area contributed by atoms with Gasteiger partial charge in [-0.3, -0.25) is 4.79 Å². The molecule has 2 aliphatic heterocycles. The minimum absolute atomic E-state index is 0.0304. The van der Waals surface area contributed by atoms with Gasteiger partial charge in [-0.1, -0.05) is 17.7 Å². The van der Waals surface area contributed by atoms with E-state index in [1.54, 1.807) is 29.4 Å². The van der Waals surface area contributed by atoms with Crippen molar-refractivity contribution in [2.75, 3.05) is 5.73 Å². The van der Waals surface area contributed by atoms with Gasteiger partial charge in [0.1, 0.15) is 5.82 Å². The summed E-state index contributed by atoms with van der Waals surface area (Å²) in [5.74, 6) is -0.600. The van der Waals surface area contributed by atoms with Gasteiger partial charge >= 0.3 is 0 Å². The Hall–Kier alpha value is -3.65. The van der Waals surface area contributed by atoms with Gasteiger partial charge in [0.2, 0.25) is 5.91 Å². The summed E-state index contributed by atoms with van der Waals surface area (Å²) in [6, 6.07) is 7.93. The Bertz CT molecular complexity index is 1490. The molecule has 1 amide bonds. The first-order valence-corrected chi connectivity index (χ1v) is 11.4. The summed E-state index contributed by atoms with van der Waals surface area (Å²) >= 11 is 5.95. The molecule has 1 fully saturated rings. The average molecular weight is 480 g/mol. The van der Waals surface area contributed by atoms with Crippen molar-refractivity contribution < 1.29 is 13.6 Å². The molecule has 9 heteroatoms. The van der Waals surface area contributed by atoms with Crippen LogP contribution in [0.1, 0.15) is 36.7 Å². The third-order valence-electron chi connectivity index (χ3n) is 6.82. The van der Waals surface area contributed by atoms with Gasteiger partial charge < -0.3 is 20.6 Å². The van der Waals surface area contributed by atoms with Crippen molar-refractivity contribution in [1.82, 2.24) is 19.9 Å². The highest BCUT2D eigenvalue weighted by Gasteiger charge is 2.42. The predicted octanol–water partition coefficient (Wildman–Crippen LogP) is 5.59. The molecule has 172 valence electrons. The number of aromatic amines is 2. The smallest absolute Gasteiger partial charge is 0.247 e. The summed E-state index contributed by atoms with van der Waals surface area (Å²) in [7, 11) is 0. The molecule has 2 aromatic carbocycles. The number of hydrogen-bond donors (Lipinski definition) is 3. The molecule has 4 N–H and O–H groups in total. The van der Waals surface area contributed by atoms with Crippen LogP contribution in [0.4, 0.5) is 14.5 Å². The summed E-state index contributed by atoms with van der Waals surface area (Å²) in [6.45, 7) is 0. The van der Waals surface area contributed by atoms with Crippen molar-refractivity contribution in [3.8, 4) is 11.3 Å². The number of carbonyl (C=O) groups excluding carboxylic acids is 1. The van der Waals surface area contributed by atoms with Gasteiger partial charge in [-0.15, -0.1) is 0 Å². The second-order valence-electron chi connectivity index (χ2n) is 8.74. The third-order valence-corrected chi connectivity index (χ3v) is 7.12. The summed E-state index contributed by atoms with van der Waals surface area (Å²) in [6.07, 6.45) is 6.61. The summed E-state index contributed by atoms with van der Waals surface area (Å²) in [4.78, 5) is 25.5. The topological polar surface area (TPSA) is 90.8 Å². The number of carbonyl (C=O) groups is 1. The fourth-order valence-electron chi connectivity index (χ4n) is 5.23.